The van der Waals surface area contributed by atoms with Gasteiger partial charge in [0.05, 0.1) is 11.0 Å². The van der Waals surface area contributed by atoms with Crippen molar-refractivity contribution in [2.75, 3.05) is 0 Å². The largest absolute Gasteiger partial charge is 0.508 e. The molecule has 0 heterocycles. The Balaban J connectivity index is 2.17. The standard InChI is InChI=1S/C20H18N2O4/c1-2-18(24)21-20(14-7-10-15(11-8-14)22(25)26)19-16-6-4-3-5-13(16)9-12-17(19)23/h3-12,20,23H,2H2,1H3,(H,21,24)/t20-/m1/s1. The third kappa shape index (κ3) is 3.35. The van der Waals surface area contributed by atoms with Crippen LogP contribution in [0, 0.1) is 10.1 Å². The fourth-order valence-corrected chi connectivity index (χ4v) is 2.96. The zero-order valence-corrected chi connectivity index (χ0v) is 14.2. The molecule has 3 rings (SSSR count). The van der Waals surface area contributed by atoms with Crippen LogP contribution in [-0.4, -0.2) is 15.9 Å². The molecular formula is C20H18N2O4. The van der Waals surface area contributed by atoms with Gasteiger partial charge in [-0.1, -0.05) is 37.3 Å². The molecule has 3 aromatic rings. The summed E-state index contributed by atoms with van der Waals surface area (Å²) in [6.07, 6.45) is 0.287. The summed E-state index contributed by atoms with van der Waals surface area (Å²) >= 11 is 0. The molecule has 0 unspecified atom stereocenters. The minimum absolute atomic E-state index is 0.0311. The van der Waals surface area contributed by atoms with E-state index in [9.17, 15) is 20.0 Å². The molecule has 2 N–H and O–H groups in total. The summed E-state index contributed by atoms with van der Waals surface area (Å²) in [5, 5.41) is 26.1. The van der Waals surface area contributed by atoms with Crippen molar-refractivity contribution in [1.82, 2.24) is 5.32 Å². The number of fused-ring (bicyclic) bond motifs is 1. The van der Waals surface area contributed by atoms with E-state index in [1.165, 1.54) is 12.1 Å². The maximum atomic E-state index is 12.1. The molecule has 0 saturated heterocycles. The van der Waals surface area contributed by atoms with E-state index >= 15 is 0 Å². The van der Waals surface area contributed by atoms with Crippen molar-refractivity contribution in [3.8, 4) is 5.75 Å². The number of amides is 1. The molecule has 0 aliphatic rings. The first-order valence-corrected chi connectivity index (χ1v) is 8.25. The average Bonchev–Trinajstić information content (AvgIpc) is 2.66. The quantitative estimate of drug-likeness (QED) is 0.536. The number of nitro benzene ring substituents is 1. The SMILES string of the molecule is CCC(=O)N[C@H](c1ccc([N+](=O)[O-])cc1)c1c(O)ccc2ccccc12. The van der Waals surface area contributed by atoms with Gasteiger partial charge in [-0.05, 0) is 34.5 Å². The lowest BCUT2D eigenvalue weighted by atomic mass is 9.92. The molecule has 0 spiro atoms. The lowest BCUT2D eigenvalue weighted by Gasteiger charge is -2.22. The van der Waals surface area contributed by atoms with E-state index in [1.54, 1.807) is 25.1 Å². The number of non-ortho nitro benzene ring substituents is 1. The molecule has 1 atom stereocenters. The predicted octanol–water partition coefficient (Wildman–Crippen LogP) is 4.07. The fraction of sp³-hybridized carbons (Fsp3) is 0.150. The number of carbonyl (C=O) groups excluding carboxylic acids is 1. The number of nitrogens with one attached hydrogen (secondary N) is 1. The summed E-state index contributed by atoms with van der Waals surface area (Å²) in [6, 6.07) is 16.3. The minimum Gasteiger partial charge on any atom is -0.508 e. The minimum atomic E-state index is -0.616. The number of phenolic OH excluding ortho intramolecular Hbond substituents is 1. The summed E-state index contributed by atoms with van der Waals surface area (Å²) in [7, 11) is 0. The lowest BCUT2D eigenvalue weighted by Crippen LogP contribution is -2.28. The van der Waals surface area contributed by atoms with Gasteiger partial charge in [0.1, 0.15) is 5.75 Å². The molecule has 6 nitrogen and oxygen atoms in total. The summed E-state index contributed by atoms with van der Waals surface area (Å²) in [5.41, 5.74) is 1.19. The van der Waals surface area contributed by atoms with Crippen LogP contribution in [0.15, 0.2) is 60.7 Å². The predicted molar refractivity (Wildman–Crippen MR) is 99.0 cm³/mol. The second kappa shape index (κ2) is 7.23. The maximum Gasteiger partial charge on any atom is 0.269 e. The Morgan fingerprint density at radius 1 is 1.12 bits per heavy atom. The molecule has 3 aromatic carbocycles. The van der Waals surface area contributed by atoms with Crippen molar-refractivity contribution in [2.45, 2.75) is 19.4 Å². The van der Waals surface area contributed by atoms with E-state index < -0.39 is 11.0 Å². The lowest BCUT2D eigenvalue weighted by molar-refractivity contribution is -0.384. The first-order chi connectivity index (χ1) is 12.5. The molecule has 6 heteroatoms. The van der Waals surface area contributed by atoms with E-state index in [2.05, 4.69) is 5.32 Å². The maximum absolute atomic E-state index is 12.1. The molecule has 0 radical (unpaired) electrons. The van der Waals surface area contributed by atoms with Gasteiger partial charge in [-0.15, -0.1) is 0 Å². The van der Waals surface area contributed by atoms with E-state index in [0.717, 1.165) is 10.8 Å². The van der Waals surface area contributed by atoms with Crippen LogP contribution >= 0.6 is 0 Å². The number of nitrogens with zero attached hydrogens (tertiary/aromatic N) is 1. The van der Waals surface area contributed by atoms with Crippen LogP contribution in [0.5, 0.6) is 5.75 Å². The van der Waals surface area contributed by atoms with E-state index in [4.69, 9.17) is 0 Å². The average molecular weight is 350 g/mol. The van der Waals surface area contributed by atoms with Crippen molar-refractivity contribution in [3.63, 3.8) is 0 Å². The smallest absolute Gasteiger partial charge is 0.269 e. The van der Waals surface area contributed by atoms with Crippen LogP contribution in [-0.2, 0) is 4.79 Å². The molecule has 0 aromatic heterocycles. The highest BCUT2D eigenvalue weighted by Gasteiger charge is 2.22. The Bertz CT molecular complexity index is 967. The highest BCUT2D eigenvalue weighted by molar-refractivity contribution is 5.89. The molecule has 0 bridgehead atoms. The van der Waals surface area contributed by atoms with Gasteiger partial charge in [-0.25, -0.2) is 0 Å². The molecular weight excluding hydrogens is 332 g/mol. The fourth-order valence-electron chi connectivity index (χ4n) is 2.96. The van der Waals surface area contributed by atoms with Crippen LogP contribution in [0.3, 0.4) is 0 Å². The second-order valence-corrected chi connectivity index (χ2v) is 5.92. The van der Waals surface area contributed by atoms with Crippen molar-refractivity contribution in [3.05, 3.63) is 81.9 Å². The molecule has 0 aliphatic heterocycles. The number of nitro groups is 1. The Morgan fingerprint density at radius 2 is 1.81 bits per heavy atom. The van der Waals surface area contributed by atoms with Crippen molar-refractivity contribution in [2.24, 2.45) is 0 Å². The first-order valence-electron chi connectivity index (χ1n) is 8.25. The van der Waals surface area contributed by atoms with E-state index in [1.807, 2.05) is 30.3 Å². The van der Waals surface area contributed by atoms with Gasteiger partial charge in [0.15, 0.2) is 0 Å². The Labute approximate surface area is 150 Å². The summed E-state index contributed by atoms with van der Waals surface area (Å²) in [5.74, 6) is -0.121. The Morgan fingerprint density at radius 3 is 2.46 bits per heavy atom. The molecule has 0 fully saturated rings. The number of rotatable bonds is 5. The van der Waals surface area contributed by atoms with Crippen molar-refractivity contribution < 1.29 is 14.8 Å². The van der Waals surface area contributed by atoms with Crippen LogP contribution in [0.1, 0.15) is 30.5 Å². The summed E-state index contributed by atoms with van der Waals surface area (Å²) < 4.78 is 0. The number of carbonyl (C=O) groups is 1. The number of phenols is 1. The van der Waals surface area contributed by atoms with E-state index in [0.29, 0.717) is 11.1 Å². The van der Waals surface area contributed by atoms with Gasteiger partial charge in [0.25, 0.3) is 5.69 Å². The van der Waals surface area contributed by atoms with Gasteiger partial charge in [-0.3, -0.25) is 14.9 Å². The first kappa shape index (κ1) is 17.4. The number of benzene rings is 3. The normalized spacial score (nSPS) is 11.9. The van der Waals surface area contributed by atoms with Gasteiger partial charge >= 0.3 is 0 Å². The Kier molecular flexibility index (Phi) is 4.84. The van der Waals surface area contributed by atoms with Gasteiger partial charge in [-0.2, -0.15) is 0 Å². The topological polar surface area (TPSA) is 92.5 Å². The molecule has 1 amide bonds. The molecule has 26 heavy (non-hydrogen) atoms. The van der Waals surface area contributed by atoms with Crippen LogP contribution in [0.4, 0.5) is 5.69 Å². The number of aromatic hydroxyl groups is 1. The van der Waals surface area contributed by atoms with Gasteiger partial charge in [0, 0.05) is 24.1 Å². The highest BCUT2D eigenvalue weighted by Crippen LogP contribution is 2.36. The summed E-state index contributed by atoms with van der Waals surface area (Å²) in [4.78, 5) is 22.5. The third-order valence-electron chi connectivity index (χ3n) is 4.30. The molecule has 132 valence electrons. The number of hydrogen-bond acceptors (Lipinski definition) is 4. The third-order valence-corrected chi connectivity index (χ3v) is 4.30. The zero-order valence-electron chi connectivity index (χ0n) is 14.2. The van der Waals surface area contributed by atoms with Crippen LogP contribution in [0.25, 0.3) is 10.8 Å². The van der Waals surface area contributed by atoms with Gasteiger partial charge in [0.2, 0.25) is 5.91 Å². The highest BCUT2D eigenvalue weighted by atomic mass is 16.6. The van der Waals surface area contributed by atoms with Crippen LogP contribution < -0.4 is 5.32 Å². The monoisotopic (exact) mass is 350 g/mol. The van der Waals surface area contributed by atoms with Gasteiger partial charge < -0.3 is 10.4 Å². The summed E-state index contributed by atoms with van der Waals surface area (Å²) in [6.45, 7) is 1.74. The zero-order chi connectivity index (χ0) is 18.7. The molecule has 0 saturated carbocycles. The van der Waals surface area contributed by atoms with Crippen molar-refractivity contribution >= 4 is 22.4 Å². The number of hydrogen-bond donors (Lipinski definition) is 2. The van der Waals surface area contributed by atoms with Crippen LogP contribution in [0.2, 0.25) is 0 Å². The van der Waals surface area contributed by atoms with E-state index in [-0.39, 0.29) is 23.8 Å². The Hall–Kier alpha value is -3.41. The molecule has 0 aliphatic carbocycles. The van der Waals surface area contributed by atoms with Crippen molar-refractivity contribution in [1.29, 1.82) is 0 Å². The second-order valence-electron chi connectivity index (χ2n) is 5.92.